The maximum absolute atomic E-state index is 5.89. The van der Waals surface area contributed by atoms with E-state index in [9.17, 15) is 0 Å². The number of imidazole rings is 1. The molecule has 2 aromatic heterocycles. The topological polar surface area (TPSA) is 47.1 Å². The molecule has 0 spiro atoms. The van der Waals surface area contributed by atoms with Crippen molar-refractivity contribution in [1.82, 2.24) is 14.5 Å². The van der Waals surface area contributed by atoms with Crippen molar-refractivity contribution in [2.24, 2.45) is 7.05 Å². The zero-order valence-electron chi connectivity index (χ0n) is 13.2. The molecule has 0 aliphatic carbocycles. The number of benzene rings is 1. The lowest BCUT2D eigenvalue weighted by Gasteiger charge is -2.25. The lowest BCUT2D eigenvalue weighted by molar-refractivity contribution is 0.547. The molecule has 3 aromatic rings. The molecular weight excluding hydrogens is 276 g/mol. The van der Waals surface area contributed by atoms with Crippen molar-refractivity contribution in [3.05, 3.63) is 41.5 Å². The lowest BCUT2D eigenvalue weighted by Crippen LogP contribution is -2.31. The number of anilines is 1. The van der Waals surface area contributed by atoms with Crippen LogP contribution in [0.1, 0.15) is 37.0 Å². The van der Waals surface area contributed by atoms with Crippen LogP contribution in [0.5, 0.6) is 0 Å². The second-order valence-corrected chi connectivity index (χ2v) is 6.21. The van der Waals surface area contributed by atoms with Gasteiger partial charge in [0, 0.05) is 31.6 Å². The van der Waals surface area contributed by atoms with E-state index in [1.165, 1.54) is 5.69 Å². The zero-order chi connectivity index (χ0) is 15.3. The molecule has 0 amide bonds. The first-order valence-electron chi connectivity index (χ1n) is 7.78. The predicted octanol–water partition coefficient (Wildman–Crippen LogP) is 3.25. The third-order valence-corrected chi connectivity index (χ3v) is 4.36. The van der Waals surface area contributed by atoms with Crippen molar-refractivity contribution >= 4 is 17.1 Å². The summed E-state index contributed by atoms with van der Waals surface area (Å²) in [6.45, 7) is 6.05. The first-order valence-corrected chi connectivity index (χ1v) is 7.78. The van der Waals surface area contributed by atoms with Gasteiger partial charge in [-0.1, -0.05) is 26.0 Å². The average molecular weight is 296 g/mol. The summed E-state index contributed by atoms with van der Waals surface area (Å²) >= 11 is 0. The van der Waals surface area contributed by atoms with Gasteiger partial charge in [0.25, 0.3) is 6.01 Å². The summed E-state index contributed by atoms with van der Waals surface area (Å²) in [6, 6.07) is 8.59. The standard InChI is InChI=1S/C17H20N4O/c1-11(2)16-18-13-10-21(9-8-14(13)20(16)3)17-19-12-6-4-5-7-15(12)22-17/h4-7,11H,8-10H2,1-3H3. The smallest absolute Gasteiger partial charge is 0.298 e. The number of hydrogen-bond acceptors (Lipinski definition) is 4. The zero-order valence-corrected chi connectivity index (χ0v) is 13.2. The van der Waals surface area contributed by atoms with Crippen LogP contribution in [0.2, 0.25) is 0 Å². The highest BCUT2D eigenvalue weighted by Crippen LogP contribution is 2.28. The minimum absolute atomic E-state index is 0.438. The highest BCUT2D eigenvalue weighted by Gasteiger charge is 2.26. The molecule has 0 unspecified atom stereocenters. The summed E-state index contributed by atoms with van der Waals surface area (Å²) in [5, 5.41) is 0. The van der Waals surface area contributed by atoms with Crippen LogP contribution in [-0.4, -0.2) is 21.1 Å². The van der Waals surface area contributed by atoms with Gasteiger partial charge in [-0.05, 0) is 12.1 Å². The van der Waals surface area contributed by atoms with Crippen molar-refractivity contribution in [3.8, 4) is 0 Å². The molecule has 5 heteroatoms. The molecule has 0 atom stereocenters. The number of aromatic nitrogens is 3. The Labute approximate surface area is 129 Å². The van der Waals surface area contributed by atoms with Gasteiger partial charge >= 0.3 is 0 Å². The Hall–Kier alpha value is -2.30. The van der Waals surface area contributed by atoms with Gasteiger partial charge in [-0.25, -0.2) is 4.98 Å². The van der Waals surface area contributed by atoms with Gasteiger partial charge in [-0.3, -0.25) is 0 Å². The summed E-state index contributed by atoms with van der Waals surface area (Å²) in [4.78, 5) is 11.6. The molecule has 1 aromatic carbocycles. The average Bonchev–Trinajstić information content (AvgIpc) is 3.08. The van der Waals surface area contributed by atoms with E-state index in [0.717, 1.165) is 42.1 Å². The normalized spacial score (nSPS) is 14.8. The highest BCUT2D eigenvalue weighted by molar-refractivity contribution is 5.74. The summed E-state index contributed by atoms with van der Waals surface area (Å²) in [6.07, 6.45) is 0.976. The van der Waals surface area contributed by atoms with Gasteiger partial charge in [0.1, 0.15) is 11.3 Å². The van der Waals surface area contributed by atoms with Crippen LogP contribution in [0.3, 0.4) is 0 Å². The number of hydrogen-bond donors (Lipinski definition) is 0. The summed E-state index contributed by atoms with van der Waals surface area (Å²) in [5.41, 5.74) is 4.25. The Balaban J connectivity index is 1.68. The Kier molecular flexibility index (Phi) is 2.96. The van der Waals surface area contributed by atoms with Crippen LogP contribution >= 0.6 is 0 Å². The van der Waals surface area contributed by atoms with Crippen LogP contribution in [0, 0.1) is 0 Å². The van der Waals surface area contributed by atoms with E-state index >= 15 is 0 Å². The lowest BCUT2D eigenvalue weighted by atomic mass is 10.1. The monoisotopic (exact) mass is 296 g/mol. The molecular formula is C17H20N4O. The third-order valence-electron chi connectivity index (χ3n) is 4.36. The SMILES string of the molecule is CC(C)c1nc2c(n1C)CCN(c1nc3ccccc3o1)C2. The molecule has 5 nitrogen and oxygen atoms in total. The minimum atomic E-state index is 0.438. The summed E-state index contributed by atoms with van der Waals surface area (Å²) < 4.78 is 8.14. The molecule has 0 bridgehead atoms. The van der Waals surface area contributed by atoms with Crippen molar-refractivity contribution in [3.63, 3.8) is 0 Å². The van der Waals surface area contributed by atoms with Crippen LogP contribution in [-0.2, 0) is 20.0 Å². The number of oxazole rings is 1. The molecule has 0 saturated heterocycles. The minimum Gasteiger partial charge on any atom is -0.423 e. The van der Waals surface area contributed by atoms with Crippen LogP contribution in [0.4, 0.5) is 6.01 Å². The van der Waals surface area contributed by atoms with Gasteiger partial charge in [-0.2, -0.15) is 4.98 Å². The quantitative estimate of drug-likeness (QED) is 0.728. The number of nitrogens with zero attached hydrogens (tertiary/aromatic N) is 4. The molecule has 22 heavy (non-hydrogen) atoms. The third kappa shape index (κ3) is 2.00. The van der Waals surface area contributed by atoms with Crippen molar-refractivity contribution < 1.29 is 4.42 Å². The Morgan fingerprint density at radius 3 is 2.77 bits per heavy atom. The molecule has 1 aliphatic heterocycles. The fourth-order valence-corrected chi connectivity index (χ4v) is 3.22. The van der Waals surface area contributed by atoms with Crippen LogP contribution in [0.25, 0.3) is 11.1 Å². The van der Waals surface area contributed by atoms with Gasteiger partial charge in [0.15, 0.2) is 5.58 Å². The molecule has 114 valence electrons. The summed E-state index contributed by atoms with van der Waals surface area (Å²) in [5.74, 6) is 1.60. The largest absolute Gasteiger partial charge is 0.423 e. The van der Waals surface area contributed by atoms with E-state index in [1.807, 2.05) is 24.3 Å². The number of rotatable bonds is 2. The fourth-order valence-electron chi connectivity index (χ4n) is 3.22. The second kappa shape index (κ2) is 4.87. The van der Waals surface area contributed by atoms with E-state index in [0.29, 0.717) is 11.9 Å². The van der Waals surface area contributed by atoms with Gasteiger partial charge < -0.3 is 13.9 Å². The molecule has 0 N–H and O–H groups in total. The van der Waals surface area contributed by atoms with Gasteiger partial charge in [-0.15, -0.1) is 0 Å². The Morgan fingerprint density at radius 1 is 1.18 bits per heavy atom. The predicted molar refractivity (Wildman–Crippen MR) is 86.1 cm³/mol. The number of fused-ring (bicyclic) bond motifs is 2. The van der Waals surface area contributed by atoms with E-state index in [2.05, 4.69) is 35.3 Å². The number of para-hydroxylation sites is 2. The highest BCUT2D eigenvalue weighted by atomic mass is 16.4. The second-order valence-electron chi connectivity index (χ2n) is 6.21. The maximum Gasteiger partial charge on any atom is 0.298 e. The van der Waals surface area contributed by atoms with Crippen molar-refractivity contribution in [2.45, 2.75) is 32.7 Å². The van der Waals surface area contributed by atoms with Crippen LogP contribution in [0.15, 0.2) is 28.7 Å². The first-order chi connectivity index (χ1) is 10.6. The summed E-state index contributed by atoms with van der Waals surface area (Å²) in [7, 11) is 2.12. The molecule has 0 radical (unpaired) electrons. The maximum atomic E-state index is 5.89. The Morgan fingerprint density at radius 2 is 2.00 bits per heavy atom. The molecule has 4 rings (SSSR count). The molecule has 3 heterocycles. The van der Waals surface area contributed by atoms with Gasteiger partial charge in [0.05, 0.1) is 12.2 Å². The van der Waals surface area contributed by atoms with Gasteiger partial charge in [0.2, 0.25) is 0 Å². The van der Waals surface area contributed by atoms with Crippen LogP contribution < -0.4 is 4.90 Å². The van der Waals surface area contributed by atoms with E-state index in [-0.39, 0.29) is 0 Å². The van der Waals surface area contributed by atoms with Crippen molar-refractivity contribution in [1.29, 1.82) is 0 Å². The van der Waals surface area contributed by atoms with E-state index in [1.54, 1.807) is 0 Å². The molecule has 0 saturated carbocycles. The van der Waals surface area contributed by atoms with E-state index < -0.39 is 0 Å². The fraction of sp³-hybridized carbons (Fsp3) is 0.412. The van der Waals surface area contributed by atoms with E-state index in [4.69, 9.17) is 9.40 Å². The van der Waals surface area contributed by atoms with Crippen molar-refractivity contribution in [2.75, 3.05) is 11.4 Å². The Bertz CT molecular complexity index is 797. The first kappa shape index (κ1) is 13.4. The molecule has 1 aliphatic rings. The molecule has 0 fully saturated rings.